The van der Waals surface area contributed by atoms with Crippen LogP contribution >= 0.6 is 0 Å². The van der Waals surface area contributed by atoms with Crippen molar-refractivity contribution in [3.8, 4) is 0 Å². The Bertz CT molecular complexity index is 733. The molecule has 2 aromatic carbocycles. The number of quaternary nitrogens is 1. The Morgan fingerprint density at radius 1 is 0.963 bits per heavy atom. The fraction of sp³-hybridized carbons (Fsp3) is 0.400. The number of carbonyl (C=O) groups is 1. The molecule has 0 radical (unpaired) electrons. The lowest BCUT2D eigenvalue weighted by atomic mass is 9.96. The second-order valence-electron chi connectivity index (χ2n) is 6.82. The van der Waals surface area contributed by atoms with Gasteiger partial charge < -0.3 is 4.48 Å². The fourth-order valence-corrected chi connectivity index (χ4v) is 3.23. The number of benzene rings is 2. The van der Waals surface area contributed by atoms with Crippen LogP contribution in [-0.2, 0) is 0 Å². The van der Waals surface area contributed by atoms with E-state index in [9.17, 15) is 4.79 Å². The van der Waals surface area contributed by atoms with E-state index >= 15 is 0 Å². The first-order valence-corrected chi connectivity index (χ1v) is 10.2. The molecule has 1 unspecified atom stereocenters. The zero-order chi connectivity index (χ0) is 20.3. The second-order valence-corrected chi connectivity index (χ2v) is 6.82. The van der Waals surface area contributed by atoms with E-state index in [2.05, 4.69) is 44.3 Å². The summed E-state index contributed by atoms with van der Waals surface area (Å²) in [4.78, 5) is 12.5. The summed E-state index contributed by atoms with van der Waals surface area (Å²) in [7, 11) is 2.18. The maximum Gasteiger partial charge on any atom is 0.216 e. The van der Waals surface area contributed by atoms with Crippen molar-refractivity contribution in [2.75, 3.05) is 26.7 Å². The first kappa shape index (κ1) is 22.9. The second kappa shape index (κ2) is 11.5. The van der Waals surface area contributed by atoms with Gasteiger partial charge in [-0.2, -0.15) is 0 Å². The van der Waals surface area contributed by atoms with Gasteiger partial charge in [0, 0.05) is 12.0 Å². The van der Waals surface area contributed by atoms with Crippen LogP contribution in [0.1, 0.15) is 55.6 Å². The minimum atomic E-state index is 0.237. The maximum absolute atomic E-state index is 12.5. The van der Waals surface area contributed by atoms with Gasteiger partial charge in [-0.15, -0.1) is 0 Å². The molecular weight excluding hydrogens is 330 g/mol. The lowest BCUT2D eigenvalue weighted by Gasteiger charge is -2.36. The number of hydrogen-bond acceptors (Lipinski definition) is 1. The molecule has 2 aromatic rings. The molecule has 2 heteroatoms. The minimum absolute atomic E-state index is 0.237. The summed E-state index contributed by atoms with van der Waals surface area (Å²) in [6.45, 7) is 12.6. The van der Waals surface area contributed by atoms with Gasteiger partial charge in [-0.25, -0.2) is 0 Å². The van der Waals surface area contributed by atoms with Gasteiger partial charge in [0.25, 0.3) is 0 Å². The van der Waals surface area contributed by atoms with E-state index in [1.807, 2.05) is 58.0 Å². The SMILES string of the molecule is CC.CC.Cc1cccc(C2=CC[N+](C)(CC(=O)c3ccccc3)CC2)c1. The van der Waals surface area contributed by atoms with Crippen LogP contribution in [0.15, 0.2) is 60.7 Å². The van der Waals surface area contributed by atoms with Crippen molar-refractivity contribution in [1.29, 1.82) is 0 Å². The molecule has 0 saturated carbocycles. The summed E-state index contributed by atoms with van der Waals surface area (Å²) < 4.78 is 0.795. The van der Waals surface area contributed by atoms with E-state index < -0.39 is 0 Å². The van der Waals surface area contributed by atoms with Crippen molar-refractivity contribution in [1.82, 2.24) is 0 Å². The zero-order valence-corrected chi connectivity index (χ0v) is 18.0. The Kier molecular flexibility index (Phi) is 9.74. The highest BCUT2D eigenvalue weighted by atomic mass is 16.1. The number of rotatable bonds is 4. The van der Waals surface area contributed by atoms with Crippen LogP contribution in [0.4, 0.5) is 0 Å². The van der Waals surface area contributed by atoms with E-state index in [1.54, 1.807) is 0 Å². The van der Waals surface area contributed by atoms with Gasteiger partial charge >= 0.3 is 0 Å². The van der Waals surface area contributed by atoms with Crippen molar-refractivity contribution < 1.29 is 9.28 Å². The Balaban J connectivity index is 0.000000855. The number of nitrogens with zero attached hydrogens (tertiary/aromatic N) is 1. The van der Waals surface area contributed by atoms with Gasteiger partial charge in [0.2, 0.25) is 5.78 Å². The molecule has 0 fully saturated rings. The van der Waals surface area contributed by atoms with Gasteiger partial charge in [0.1, 0.15) is 6.54 Å². The molecular formula is C25H36NO+. The van der Waals surface area contributed by atoms with Crippen molar-refractivity contribution in [2.45, 2.75) is 41.0 Å². The van der Waals surface area contributed by atoms with E-state index in [0.717, 1.165) is 29.6 Å². The molecule has 0 amide bonds. The number of aryl methyl sites for hydroxylation is 1. The van der Waals surface area contributed by atoms with Gasteiger partial charge in [-0.3, -0.25) is 4.79 Å². The Morgan fingerprint density at radius 2 is 1.63 bits per heavy atom. The largest absolute Gasteiger partial charge is 0.316 e. The predicted molar refractivity (Wildman–Crippen MR) is 118 cm³/mol. The topological polar surface area (TPSA) is 17.1 Å². The smallest absolute Gasteiger partial charge is 0.216 e. The first-order valence-electron chi connectivity index (χ1n) is 10.2. The molecule has 0 bridgehead atoms. The monoisotopic (exact) mass is 366 g/mol. The van der Waals surface area contributed by atoms with Crippen LogP contribution in [0.2, 0.25) is 0 Å². The predicted octanol–water partition coefficient (Wildman–Crippen LogP) is 6.16. The van der Waals surface area contributed by atoms with Crippen LogP contribution < -0.4 is 0 Å². The number of ketones is 1. The number of hydrogen-bond donors (Lipinski definition) is 0. The van der Waals surface area contributed by atoms with Crippen molar-refractivity contribution >= 4 is 11.4 Å². The number of Topliss-reactive ketones (excluding diaryl/α,β-unsaturated/α-hetero) is 1. The molecule has 1 heterocycles. The zero-order valence-electron chi connectivity index (χ0n) is 18.0. The Hall–Kier alpha value is -2.19. The molecule has 0 aliphatic carbocycles. The van der Waals surface area contributed by atoms with Crippen LogP contribution in [0.3, 0.4) is 0 Å². The summed E-state index contributed by atoms with van der Waals surface area (Å²) in [5.74, 6) is 0.237. The Labute approximate surface area is 166 Å². The molecule has 0 N–H and O–H groups in total. The summed E-state index contributed by atoms with van der Waals surface area (Å²) in [5, 5.41) is 0. The van der Waals surface area contributed by atoms with Crippen molar-refractivity contribution in [3.05, 3.63) is 77.4 Å². The summed E-state index contributed by atoms with van der Waals surface area (Å²) in [6.07, 6.45) is 3.35. The molecule has 0 aromatic heterocycles. The summed E-state index contributed by atoms with van der Waals surface area (Å²) in [6, 6.07) is 18.3. The third kappa shape index (κ3) is 6.80. The van der Waals surface area contributed by atoms with Crippen LogP contribution in [0.25, 0.3) is 5.57 Å². The lowest BCUT2D eigenvalue weighted by Crippen LogP contribution is -2.50. The van der Waals surface area contributed by atoms with E-state index in [1.165, 1.54) is 16.7 Å². The van der Waals surface area contributed by atoms with Crippen LogP contribution in [0.5, 0.6) is 0 Å². The van der Waals surface area contributed by atoms with E-state index in [0.29, 0.717) is 6.54 Å². The molecule has 1 atom stereocenters. The maximum atomic E-state index is 12.5. The highest BCUT2D eigenvalue weighted by Gasteiger charge is 2.28. The summed E-state index contributed by atoms with van der Waals surface area (Å²) in [5.41, 5.74) is 4.85. The first-order chi connectivity index (χ1) is 13.1. The van der Waals surface area contributed by atoms with Crippen molar-refractivity contribution in [3.63, 3.8) is 0 Å². The molecule has 2 nitrogen and oxygen atoms in total. The average Bonchev–Trinajstić information content (AvgIpc) is 2.72. The van der Waals surface area contributed by atoms with Gasteiger partial charge in [0.05, 0.1) is 20.1 Å². The van der Waals surface area contributed by atoms with Gasteiger partial charge in [-0.1, -0.05) is 87.9 Å². The van der Waals surface area contributed by atoms with E-state index in [-0.39, 0.29) is 5.78 Å². The number of likely N-dealkylation sites (N-methyl/N-ethyl adjacent to an activating group) is 1. The minimum Gasteiger partial charge on any atom is -0.316 e. The van der Waals surface area contributed by atoms with E-state index in [4.69, 9.17) is 0 Å². The highest BCUT2D eigenvalue weighted by molar-refractivity contribution is 5.97. The molecule has 1 aliphatic heterocycles. The standard InChI is InChI=1S/C21H24NO.2C2H6/c1-17-7-6-10-20(15-17)18-11-13-22(2,14-12-18)16-21(23)19-8-4-3-5-9-19;2*1-2/h3-11,15H,12-14,16H2,1-2H3;2*1-2H3/q+1;;. The van der Waals surface area contributed by atoms with Crippen LogP contribution in [0, 0.1) is 6.92 Å². The average molecular weight is 367 g/mol. The molecule has 0 spiro atoms. The normalized spacial score (nSPS) is 18.2. The molecule has 0 saturated heterocycles. The molecule has 146 valence electrons. The summed E-state index contributed by atoms with van der Waals surface area (Å²) >= 11 is 0. The Morgan fingerprint density at radius 3 is 2.19 bits per heavy atom. The molecule has 3 rings (SSSR count). The van der Waals surface area contributed by atoms with Gasteiger partial charge in [-0.05, 0) is 24.1 Å². The van der Waals surface area contributed by atoms with Crippen molar-refractivity contribution in [2.24, 2.45) is 0 Å². The third-order valence-electron chi connectivity index (χ3n) is 4.71. The highest BCUT2D eigenvalue weighted by Crippen LogP contribution is 2.26. The lowest BCUT2D eigenvalue weighted by molar-refractivity contribution is -0.896. The molecule has 27 heavy (non-hydrogen) atoms. The fourth-order valence-electron chi connectivity index (χ4n) is 3.23. The van der Waals surface area contributed by atoms with Crippen LogP contribution in [-0.4, -0.2) is 36.9 Å². The third-order valence-corrected chi connectivity index (χ3v) is 4.71. The molecule has 1 aliphatic rings. The van der Waals surface area contributed by atoms with Gasteiger partial charge in [0.15, 0.2) is 0 Å². The quantitative estimate of drug-likeness (QED) is 0.467. The number of carbonyl (C=O) groups excluding carboxylic acids is 1.